The van der Waals surface area contributed by atoms with Gasteiger partial charge in [0.05, 0.1) is 23.4 Å². The number of hydrogen-bond donors (Lipinski definition) is 0. The fraction of sp³-hybridized carbons (Fsp3) is 0.538. The third kappa shape index (κ3) is 6.21. The molecule has 1 aliphatic carbocycles. The van der Waals surface area contributed by atoms with E-state index in [1.807, 2.05) is 6.08 Å². The molecule has 0 saturated heterocycles. The first-order valence-electron chi connectivity index (χ1n) is 12.2. The molecular formula is C26H30ClF3N2O3. The van der Waals surface area contributed by atoms with Crippen LogP contribution in [0.3, 0.4) is 0 Å². The predicted molar refractivity (Wildman–Crippen MR) is 129 cm³/mol. The molecule has 2 aliphatic rings. The van der Waals surface area contributed by atoms with Crippen molar-refractivity contribution in [2.75, 3.05) is 6.61 Å². The molecule has 3 atom stereocenters. The fourth-order valence-electron chi connectivity index (χ4n) is 5.23. The highest BCUT2D eigenvalue weighted by Gasteiger charge is 2.36. The Hall–Kier alpha value is -2.48. The molecular weight excluding hydrogens is 481 g/mol. The average Bonchev–Trinajstić information content (AvgIpc) is 3.27. The molecule has 2 heterocycles. The van der Waals surface area contributed by atoms with Gasteiger partial charge in [-0.25, -0.2) is 9.98 Å². The Bertz CT molecular complexity index is 1070. The molecule has 0 spiro atoms. The Labute approximate surface area is 208 Å². The minimum Gasteiger partial charge on any atom is -0.490 e. The largest absolute Gasteiger partial charge is 0.573 e. The lowest BCUT2D eigenvalue weighted by molar-refractivity contribution is -0.274. The molecule has 1 saturated carbocycles. The Morgan fingerprint density at radius 2 is 2.00 bits per heavy atom. The lowest BCUT2D eigenvalue weighted by Crippen LogP contribution is -2.23. The van der Waals surface area contributed by atoms with E-state index in [4.69, 9.17) is 20.8 Å². The molecule has 9 heteroatoms. The second kappa shape index (κ2) is 11.1. The van der Waals surface area contributed by atoms with Gasteiger partial charge in [0.15, 0.2) is 11.5 Å². The highest BCUT2D eigenvalue weighted by Crippen LogP contribution is 2.51. The summed E-state index contributed by atoms with van der Waals surface area (Å²) >= 11 is 6.21. The van der Waals surface area contributed by atoms with Gasteiger partial charge < -0.3 is 13.9 Å². The van der Waals surface area contributed by atoms with E-state index < -0.39 is 12.1 Å². The van der Waals surface area contributed by atoms with E-state index in [0.717, 1.165) is 18.3 Å². The Balaban J connectivity index is 1.61. The number of aromatic nitrogens is 1. The summed E-state index contributed by atoms with van der Waals surface area (Å²) in [5.74, 6) is 1.87. The molecule has 190 valence electrons. The number of aliphatic imine (C=N–C) groups is 1. The summed E-state index contributed by atoms with van der Waals surface area (Å²) in [6.45, 7) is 4.77. The average molecular weight is 511 g/mol. The van der Waals surface area contributed by atoms with Crippen molar-refractivity contribution in [3.8, 4) is 23.0 Å². The first kappa shape index (κ1) is 25.6. The van der Waals surface area contributed by atoms with Gasteiger partial charge in [-0.3, -0.25) is 0 Å². The SMILES string of the molecule is CCC1CCC(C/C=C/C2=Nc3c(OC(F)(F)F)c(Cl)cc(-c4ncco4)c3OCC2)CC1CC. The molecule has 4 rings (SSSR count). The van der Waals surface area contributed by atoms with Crippen LogP contribution in [0.5, 0.6) is 11.5 Å². The van der Waals surface area contributed by atoms with E-state index in [2.05, 4.69) is 34.6 Å². The molecule has 1 aromatic heterocycles. The molecule has 1 fully saturated rings. The summed E-state index contributed by atoms with van der Waals surface area (Å²) in [5, 5.41) is -0.259. The van der Waals surface area contributed by atoms with Gasteiger partial charge in [0.25, 0.3) is 0 Å². The third-order valence-corrected chi connectivity index (χ3v) is 7.26. The maximum absolute atomic E-state index is 13.2. The highest BCUT2D eigenvalue weighted by atomic mass is 35.5. The lowest BCUT2D eigenvalue weighted by atomic mass is 9.71. The number of benzene rings is 1. The van der Waals surface area contributed by atoms with Crippen molar-refractivity contribution in [1.29, 1.82) is 0 Å². The van der Waals surface area contributed by atoms with Crippen molar-refractivity contribution >= 4 is 23.0 Å². The molecule has 1 aliphatic heterocycles. The van der Waals surface area contributed by atoms with Gasteiger partial charge in [0.1, 0.15) is 12.0 Å². The predicted octanol–water partition coefficient (Wildman–Crippen LogP) is 8.55. The number of nitrogens with zero attached hydrogens (tertiary/aromatic N) is 2. The van der Waals surface area contributed by atoms with Crippen molar-refractivity contribution in [2.45, 2.75) is 65.2 Å². The Kier molecular flexibility index (Phi) is 8.09. The second-order valence-corrected chi connectivity index (χ2v) is 9.56. The summed E-state index contributed by atoms with van der Waals surface area (Å²) in [6, 6.07) is 1.29. The van der Waals surface area contributed by atoms with Crippen LogP contribution in [0, 0.1) is 17.8 Å². The van der Waals surface area contributed by atoms with E-state index in [0.29, 0.717) is 23.6 Å². The number of ether oxygens (including phenoxy) is 2. The van der Waals surface area contributed by atoms with Gasteiger partial charge in [0, 0.05) is 12.1 Å². The molecule has 0 N–H and O–H groups in total. The number of allylic oxidation sites excluding steroid dienone is 2. The topological polar surface area (TPSA) is 56.9 Å². The van der Waals surface area contributed by atoms with Crippen molar-refractivity contribution in [3.63, 3.8) is 0 Å². The summed E-state index contributed by atoms with van der Waals surface area (Å²) in [5.41, 5.74) is 0.803. The summed E-state index contributed by atoms with van der Waals surface area (Å²) in [6.07, 6.45) is 9.29. The number of hydrogen-bond acceptors (Lipinski definition) is 5. The Morgan fingerprint density at radius 3 is 2.69 bits per heavy atom. The highest BCUT2D eigenvalue weighted by molar-refractivity contribution is 6.33. The minimum absolute atomic E-state index is 0.100. The van der Waals surface area contributed by atoms with Crippen LogP contribution in [0.2, 0.25) is 5.02 Å². The fourth-order valence-corrected chi connectivity index (χ4v) is 5.46. The molecule has 1 aromatic carbocycles. The van der Waals surface area contributed by atoms with Crippen LogP contribution in [-0.2, 0) is 0 Å². The van der Waals surface area contributed by atoms with Gasteiger partial charge in [-0.05, 0) is 55.6 Å². The van der Waals surface area contributed by atoms with E-state index >= 15 is 0 Å². The summed E-state index contributed by atoms with van der Waals surface area (Å²) < 4.78 is 54.9. The van der Waals surface area contributed by atoms with E-state index in [9.17, 15) is 13.2 Å². The number of fused-ring (bicyclic) bond motifs is 1. The number of oxazole rings is 1. The van der Waals surface area contributed by atoms with Gasteiger partial charge in [-0.1, -0.05) is 44.4 Å². The maximum atomic E-state index is 13.2. The molecule has 0 bridgehead atoms. The molecule has 5 nitrogen and oxygen atoms in total. The summed E-state index contributed by atoms with van der Waals surface area (Å²) in [7, 11) is 0. The van der Waals surface area contributed by atoms with E-state index in [1.165, 1.54) is 50.6 Å². The standard InChI is InChI=1S/C26H30ClF3N2O3/c1-3-17-9-8-16(14-18(17)4-2)6-5-7-19-10-12-33-23-20(25-31-11-13-34-25)15-21(27)24(22(23)32-19)35-26(28,29)30/h5,7,11,13,15-18H,3-4,6,8-10,12,14H2,1-2H3/b7-5+. The molecule has 35 heavy (non-hydrogen) atoms. The zero-order chi connectivity index (χ0) is 25.0. The van der Waals surface area contributed by atoms with Gasteiger partial charge in [-0.2, -0.15) is 0 Å². The normalized spacial score (nSPS) is 22.9. The number of halogens is 4. The zero-order valence-corrected chi connectivity index (χ0v) is 20.7. The van der Waals surface area contributed by atoms with Gasteiger partial charge >= 0.3 is 6.36 Å². The minimum atomic E-state index is -4.94. The van der Waals surface area contributed by atoms with E-state index in [-0.39, 0.29) is 29.0 Å². The number of rotatable bonds is 7. The van der Waals surface area contributed by atoms with Crippen LogP contribution in [0.4, 0.5) is 18.9 Å². The van der Waals surface area contributed by atoms with Crippen molar-refractivity contribution in [1.82, 2.24) is 4.98 Å². The van der Waals surface area contributed by atoms with Crippen LogP contribution in [-0.4, -0.2) is 23.7 Å². The first-order valence-corrected chi connectivity index (χ1v) is 12.6. The lowest BCUT2D eigenvalue weighted by Gasteiger charge is -2.35. The maximum Gasteiger partial charge on any atom is 0.573 e. The monoisotopic (exact) mass is 510 g/mol. The van der Waals surface area contributed by atoms with Crippen molar-refractivity contribution in [2.24, 2.45) is 22.7 Å². The van der Waals surface area contributed by atoms with Gasteiger partial charge in [-0.15, -0.1) is 13.2 Å². The van der Waals surface area contributed by atoms with Crippen LogP contribution in [0.25, 0.3) is 11.5 Å². The van der Waals surface area contributed by atoms with Crippen molar-refractivity contribution < 1.29 is 27.1 Å². The van der Waals surface area contributed by atoms with Gasteiger partial charge in [0.2, 0.25) is 5.89 Å². The molecule has 0 amide bonds. The quantitative estimate of drug-likeness (QED) is 0.374. The summed E-state index contributed by atoms with van der Waals surface area (Å²) in [4.78, 5) is 8.60. The smallest absolute Gasteiger partial charge is 0.490 e. The van der Waals surface area contributed by atoms with Crippen LogP contribution < -0.4 is 9.47 Å². The number of alkyl halides is 3. The molecule has 0 radical (unpaired) electrons. The van der Waals surface area contributed by atoms with Crippen molar-refractivity contribution in [3.05, 3.63) is 35.7 Å². The van der Waals surface area contributed by atoms with Crippen LogP contribution in [0.1, 0.15) is 58.8 Å². The third-order valence-electron chi connectivity index (χ3n) is 6.98. The van der Waals surface area contributed by atoms with E-state index in [1.54, 1.807) is 0 Å². The first-order chi connectivity index (χ1) is 16.8. The molecule has 2 aromatic rings. The zero-order valence-electron chi connectivity index (χ0n) is 19.9. The van der Waals surface area contributed by atoms with Crippen LogP contribution >= 0.6 is 11.6 Å². The molecule has 3 unspecified atom stereocenters. The Morgan fingerprint density at radius 1 is 1.20 bits per heavy atom. The second-order valence-electron chi connectivity index (χ2n) is 9.15. The van der Waals surface area contributed by atoms with Crippen LogP contribution in [0.15, 0.2) is 40.1 Å².